The van der Waals surface area contributed by atoms with Gasteiger partial charge in [-0.15, -0.1) is 0 Å². The van der Waals surface area contributed by atoms with Crippen molar-refractivity contribution < 1.29 is 12.8 Å². The average molecular weight is 362 g/mol. The summed E-state index contributed by atoms with van der Waals surface area (Å²) in [5, 5.41) is 0. The second-order valence-corrected chi connectivity index (χ2v) is 8.09. The molecule has 1 saturated heterocycles. The third-order valence-electron chi connectivity index (χ3n) is 3.56. The van der Waals surface area contributed by atoms with Crippen LogP contribution in [0.15, 0.2) is 16.6 Å². The Morgan fingerprint density at radius 1 is 1.45 bits per heavy atom. The number of nitrogens with two attached hydrogens (primary N) is 1. The van der Waals surface area contributed by atoms with Crippen molar-refractivity contribution in [3.05, 3.63) is 22.4 Å². The topological polar surface area (TPSA) is 78.0 Å². The van der Waals surface area contributed by atoms with E-state index in [4.69, 9.17) is 5.73 Å². The van der Waals surface area contributed by atoms with E-state index in [0.29, 0.717) is 28.3 Å². The zero-order valence-corrected chi connectivity index (χ0v) is 12.9. The number of hydrogen-bond donors (Lipinski definition) is 1. The van der Waals surface area contributed by atoms with Gasteiger partial charge in [0, 0.05) is 6.07 Å². The van der Waals surface area contributed by atoms with Crippen LogP contribution in [0.3, 0.4) is 0 Å². The first-order chi connectivity index (χ1) is 9.37. The standard InChI is InChI=1S/C12H13BrFN3O2S/c13-8-4-10-11(5-9(8)14)17(12(15)16-10)7-2-1-3-20(18,19)6-7/h4-5,7H,1-3,6H2,(H2,15,16). The Hall–Kier alpha value is -1.15. The monoisotopic (exact) mass is 361 g/mol. The van der Waals surface area contributed by atoms with Gasteiger partial charge < -0.3 is 10.3 Å². The first-order valence-corrected chi connectivity index (χ1v) is 8.82. The number of fused-ring (bicyclic) bond motifs is 1. The number of hydrogen-bond acceptors (Lipinski definition) is 4. The van der Waals surface area contributed by atoms with E-state index in [-0.39, 0.29) is 23.5 Å². The summed E-state index contributed by atoms with van der Waals surface area (Å²) in [5.41, 5.74) is 6.98. The van der Waals surface area contributed by atoms with E-state index < -0.39 is 15.7 Å². The van der Waals surface area contributed by atoms with Gasteiger partial charge in [-0.05, 0) is 34.8 Å². The normalized spacial score (nSPS) is 22.2. The second kappa shape index (κ2) is 4.70. The summed E-state index contributed by atoms with van der Waals surface area (Å²) in [7, 11) is -3.07. The van der Waals surface area contributed by atoms with Crippen LogP contribution >= 0.6 is 15.9 Å². The molecule has 2 heterocycles. The Bertz CT molecular complexity index is 788. The summed E-state index contributed by atoms with van der Waals surface area (Å²) in [6, 6.07) is 2.61. The molecule has 1 aromatic heterocycles. The van der Waals surface area contributed by atoms with Crippen LogP contribution in [0.4, 0.5) is 10.3 Å². The number of rotatable bonds is 1. The van der Waals surface area contributed by atoms with Crippen LogP contribution in [-0.4, -0.2) is 29.5 Å². The smallest absolute Gasteiger partial charge is 0.201 e. The zero-order valence-electron chi connectivity index (χ0n) is 10.5. The third kappa shape index (κ3) is 2.31. The molecule has 1 unspecified atom stereocenters. The lowest BCUT2D eigenvalue weighted by Crippen LogP contribution is -2.28. The summed E-state index contributed by atoms with van der Waals surface area (Å²) < 4.78 is 39.2. The third-order valence-corrected chi connectivity index (χ3v) is 5.97. The lowest BCUT2D eigenvalue weighted by atomic mass is 10.1. The Balaban J connectivity index is 2.16. The van der Waals surface area contributed by atoms with Gasteiger partial charge in [0.25, 0.3) is 0 Å². The van der Waals surface area contributed by atoms with Gasteiger partial charge in [-0.3, -0.25) is 0 Å². The summed E-state index contributed by atoms with van der Waals surface area (Å²) in [6.07, 6.45) is 1.29. The van der Waals surface area contributed by atoms with Gasteiger partial charge in [0.2, 0.25) is 5.95 Å². The molecule has 2 aromatic rings. The fourth-order valence-electron chi connectivity index (χ4n) is 2.70. The van der Waals surface area contributed by atoms with E-state index >= 15 is 0 Å². The van der Waals surface area contributed by atoms with E-state index in [0.717, 1.165) is 0 Å². The Labute approximate surface area is 124 Å². The summed E-state index contributed by atoms with van der Waals surface area (Å²) in [4.78, 5) is 4.19. The number of anilines is 1. The van der Waals surface area contributed by atoms with Gasteiger partial charge in [0.1, 0.15) is 5.82 Å². The highest BCUT2D eigenvalue weighted by Crippen LogP contribution is 2.32. The molecule has 5 nitrogen and oxygen atoms in total. The van der Waals surface area contributed by atoms with Gasteiger partial charge in [-0.25, -0.2) is 17.8 Å². The van der Waals surface area contributed by atoms with Gasteiger partial charge in [0.15, 0.2) is 9.84 Å². The van der Waals surface area contributed by atoms with Crippen molar-refractivity contribution in [3.63, 3.8) is 0 Å². The van der Waals surface area contributed by atoms with Crippen LogP contribution in [0.1, 0.15) is 18.9 Å². The Morgan fingerprint density at radius 3 is 2.90 bits per heavy atom. The van der Waals surface area contributed by atoms with Crippen LogP contribution in [-0.2, 0) is 9.84 Å². The van der Waals surface area contributed by atoms with E-state index in [1.165, 1.54) is 6.07 Å². The molecule has 1 aliphatic rings. The van der Waals surface area contributed by atoms with E-state index in [1.54, 1.807) is 10.6 Å². The minimum atomic E-state index is -3.07. The number of benzene rings is 1. The second-order valence-electron chi connectivity index (χ2n) is 5.01. The predicted molar refractivity (Wildman–Crippen MR) is 78.7 cm³/mol. The number of halogens is 2. The molecule has 0 spiro atoms. The fourth-order valence-corrected chi connectivity index (χ4v) is 4.70. The number of nitrogen functional groups attached to an aromatic ring is 1. The SMILES string of the molecule is Nc1nc2cc(Br)c(F)cc2n1C1CCCS(=O)(=O)C1. The van der Waals surface area contributed by atoms with Crippen molar-refractivity contribution in [1.29, 1.82) is 0 Å². The van der Waals surface area contributed by atoms with Gasteiger partial charge >= 0.3 is 0 Å². The molecule has 3 rings (SSSR count). The molecule has 1 aliphatic heterocycles. The molecule has 2 N–H and O–H groups in total. The highest BCUT2D eigenvalue weighted by atomic mass is 79.9. The first-order valence-electron chi connectivity index (χ1n) is 6.20. The van der Waals surface area contributed by atoms with E-state index in [1.807, 2.05) is 0 Å². The van der Waals surface area contributed by atoms with Crippen LogP contribution in [0.2, 0.25) is 0 Å². The molecular weight excluding hydrogens is 349 g/mol. The summed E-state index contributed by atoms with van der Waals surface area (Å²) in [6.45, 7) is 0. The molecule has 0 bridgehead atoms. The van der Waals surface area contributed by atoms with Crippen LogP contribution in [0.5, 0.6) is 0 Å². The molecule has 1 fully saturated rings. The number of aromatic nitrogens is 2. The maximum absolute atomic E-state index is 13.7. The maximum atomic E-state index is 13.7. The predicted octanol–water partition coefficient (Wildman–Crippen LogP) is 2.27. The van der Waals surface area contributed by atoms with Crippen molar-refractivity contribution in [2.75, 3.05) is 17.2 Å². The molecule has 0 radical (unpaired) electrons. The highest BCUT2D eigenvalue weighted by molar-refractivity contribution is 9.10. The molecule has 20 heavy (non-hydrogen) atoms. The summed E-state index contributed by atoms with van der Waals surface area (Å²) in [5.74, 6) is 0.0351. The Morgan fingerprint density at radius 2 is 2.20 bits per heavy atom. The molecule has 1 atom stereocenters. The molecule has 8 heteroatoms. The quantitative estimate of drug-likeness (QED) is 0.844. The van der Waals surface area contributed by atoms with Crippen molar-refractivity contribution in [2.24, 2.45) is 0 Å². The van der Waals surface area contributed by atoms with Gasteiger partial charge in [-0.2, -0.15) is 0 Å². The van der Waals surface area contributed by atoms with Gasteiger partial charge in [0.05, 0.1) is 33.1 Å². The van der Waals surface area contributed by atoms with Crippen molar-refractivity contribution >= 4 is 42.7 Å². The van der Waals surface area contributed by atoms with Crippen molar-refractivity contribution in [3.8, 4) is 0 Å². The first kappa shape index (κ1) is 13.8. The number of nitrogens with zero attached hydrogens (tertiary/aromatic N) is 2. The molecule has 108 valence electrons. The van der Waals surface area contributed by atoms with Crippen molar-refractivity contribution in [1.82, 2.24) is 9.55 Å². The lowest BCUT2D eigenvalue weighted by molar-refractivity contribution is 0.483. The highest BCUT2D eigenvalue weighted by Gasteiger charge is 2.28. The van der Waals surface area contributed by atoms with Crippen LogP contribution in [0.25, 0.3) is 11.0 Å². The van der Waals surface area contributed by atoms with Crippen molar-refractivity contribution in [2.45, 2.75) is 18.9 Å². The minimum absolute atomic E-state index is 0.0281. The van der Waals surface area contributed by atoms with Crippen LogP contribution in [0, 0.1) is 5.82 Å². The molecule has 1 aromatic carbocycles. The number of imidazole rings is 1. The fraction of sp³-hybridized carbons (Fsp3) is 0.417. The van der Waals surface area contributed by atoms with Crippen LogP contribution < -0.4 is 5.73 Å². The zero-order chi connectivity index (χ0) is 14.5. The minimum Gasteiger partial charge on any atom is -0.369 e. The van der Waals surface area contributed by atoms with E-state index in [2.05, 4.69) is 20.9 Å². The maximum Gasteiger partial charge on any atom is 0.201 e. The molecule has 0 aliphatic carbocycles. The summed E-state index contributed by atoms with van der Waals surface area (Å²) >= 11 is 3.10. The average Bonchev–Trinajstić information content (AvgIpc) is 2.64. The lowest BCUT2D eigenvalue weighted by Gasteiger charge is -2.24. The number of sulfone groups is 1. The largest absolute Gasteiger partial charge is 0.369 e. The molecule has 0 saturated carbocycles. The molecule has 0 amide bonds. The van der Waals surface area contributed by atoms with E-state index in [9.17, 15) is 12.8 Å². The van der Waals surface area contributed by atoms with Gasteiger partial charge in [-0.1, -0.05) is 0 Å². The molecular formula is C12H13BrFN3O2S. The Kier molecular flexibility index (Phi) is 3.24.